The third-order valence-corrected chi connectivity index (χ3v) is 11.1. The molecule has 36 heavy (non-hydrogen) atoms. The summed E-state index contributed by atoms with van der Waals surface area (Å²) in [4.78, 5) is 0. The molecule has 5 heteroatoms. The van der Waals surface area contributed by atoms with Gasteiger partial charge < -0.3 is 17.8 Å². The van der Waals surface area contributed by atoms with Crippen LogP contribution in [0.5, 0.6) is 5.75 Å². The van der Waals surface area contributed by atoms with Crippen LogP contribution in [0, 0.1) is 33.9 Å². The molecule has 0 amide bonds. The summed E-state index contributed by atoms with van der Waals surface area (Å²) in [6.07, 6.45) is 0. The molecule has 2 rings (SSSR count). The van der Waals surface area contributed by atoms with Crippen LogP contribution in [0.4, 0.5) is 0 Å². The van der Waals surface area contributed by atoms with Crippen molar-refractivity contribution >= 4 is 34.6 Å². The van der Waals surface area contributed by atoms with Crippen molar-refractivity contribution in [3.05, 3.63) is 59.6 Å². The summed E-state index contributed by atoms with van der Waals surface area (Å²) in [7, 11) is -1.73. The van der Waals surface area contributed by atoms with Crippen LogP contribution in [-0.4, -0.2) is 31.3 Å². The van der Waals surface area contributed by atoms with E-state index in [0.717, 1.165) is 5.75 Å². The normalized spacial score (nSPS) is 12.0. The number of hydrogen-bond acceptors (Lipinski definition) is 1. The second-order valence-corrected chi connectivity index (χ2v) is 28.6. The van der Waals surface area contributed by atoms with Crippen LogP contribution >= 0.6 is 0 Å². The summed E-state index contributed by atoms with van der Waals surface area (Å²) in [6, 6.07) is 11.9. The molecule has 2 aromatic carbocycles. The molecule has 0 spiro atoms. The van der Waals surface area contributed by atoms with Gasteiger partial charge in [0.25, 0.3) is 0 Å². The molecule has 0 bridgehead atoms. The molecule has 1 nitrogen and oxygen atoms in total. The molecular weight excluding hydrogens is 518 g/mol. The van der Waals surface area contributed by atoms with Gasteiger partial charge in [0, 0.05) is 0 Å². The Balaban J connectivity index is 0. The van der Waals surface area contributed by atoms with E-state index in [9.17, 15) is 0 Å². The summed E-state index contributed by atoms with van der Waals surface area (Å²) in [6.45, 7) is 39.4. The standard InChI is InChI=1S/C23H35OSi.2C4H11Si.Sc/c1-10-25(11-2,20-14-16(3)12-18(20)5)21-15-17(4)13-19(22(21)24-9)23(6,7)8;2*1-5(2,3)4;/h12-15H,10-11H2,1-9H3;2*1H2,2-4H3;/q3*-1;+3. The Labute approximate surface area is 248 Å². The zero-order valence-electron chi connectivity index (χ0n) is 26.6. The number of hydrogen-bond donors (Lipinski definition) is 0. The molecule has 0 fully saturated rings. The first kappa shape index (κ1) is 38.0. The molecular formula is C31H57OScSi3. The fourth-order valence-corrected chi connectivity index (χ4v) is 9.20. The third kappa shape index (κ3) is 12.6. The first-order chi connectivity index (χ1) is 15.6. The van der Waals surface area contributed by atoms with E-state index in [1.165, 1.54) is 39.5 Å². The summed E-state index contributed by atoms with van der Waals surface area (Å²) in [5.41, 5.74) is 5.60. The maximum atomic E-state index is 6.07. The summed E-state index contributed by atoms with van der Waals surface area (Å²) in [5.74, 6) is 1.13. The van der Waals surface area contributed by atoms with Crippen molar-refractivity contribution in [2.75, 3.05) is 7.11 Å². The number of aryl methyl sites for hydroxylation is 3. The van der Waals surface area contributed by atoms with Gasteiger partial charge in [0.2, 0.25) is 0 Å². The average molecular weight is 575 g/mol. The number of ether oxygens (including phenoxy) is 1. The fraction of sp³-hybridized carbons (Fsp3) is 0.581. The molecule has 202 valence electrons. The van der Waals surface area contributed by atoms with Gasteiger partial charge in [0.15, 0.2) is 0 Å². The molecule has 0 aliphatic heterocycles. The van der Waals surface area contributed by atoms with Crippen molar-refractivity contribution < 1.29 is 30.6 Å². The van der Waals surface area contributed by atoms with Gasteiger partial charge in [-0.05, 0) is 23.1 Å². The minimum absolute atomic E-state index is 0. The van der Waals surface area contributed by atoms with Crippen LogP contribution in [0.25, 0.3) is 0 Å². The maximum absolute atomic E-state index is 6.07. The number of methoxy groups -OCH3 is 1. The smallest absolute Gasteiger partial charge is 0.497 e. The Morgan fingerprint density at radius 1 is 0.806 bits per heavy atom. The topological polar surface area (TPSA) is 9.23 Å². The first-order valence-electron chi connectivity index (χ1n) is 13.3. The Morgan fingerprint density at radius 2 is 1.22 bits per heavy atom. The van der Waals surface area contributed by atoms with Crippen molar-refractivity contribution in [2.24, 2.45) is 0 Å². The van der Waals surface area contributed by atoms with Gasteiger partial charge in [0.05, 0.1) is 15.2 Å². The van der Waals surface area contributed by atoms with Crippen LogP contribution in [-0.2, 0) is 31.3 Å². The van der Waals surface area contributed by atoms with E-state index in [-0.39, 0.29) is 31.3 Å². The molecule has 0 unspecified atom stereocenters. The van der Waals surface area contributed by atoms with Gasteiger partial charge in [-0.15, -0.1) is 16.1 Å². The molecule has 0 N–H and O–H groups in total. The Kier molecular flexibility index (Phi) is 15.7. The van der Waals surface area contributed by atoms with Crippen LogP contribution < -0.4 is 15.1 Å². The van der Waals surface area contributed by atoms with Gasteiger partial charge in [-0.1, -0.05) is 118 Å². The van der Waals surface area contributed by atoms with Crippen LogP contribution in [0.1, 0.15) is 56.9 Å². The Bertz CT molecular complexity index is 897. The third-order valence-electron chi connectivity index (χ3n) is 5.72. The predicted octanol–water partition coefficient (Wildman–Crippen LogP) is 8.63. The van der Waals surface area contributed by atoms with Crippen molar-refractivity contribution in [1.29, 1.82) is 0 Å². The quantitative estimate of drug-likeness (QED) is 0.256. The molecule has 0 saturated carbocycles. The van der Waals surface area contributed by atoms with Gasteiger partial charge >= 0.3 is 25.8 Å². The van der Waals surface area contributed by atoms with Gasteiger partial charge in [-0.2, -0.15) is 16.8 Å². The van der Waals surface area contributed by atoms with Crippen molar-refractivity contribution in [2.45, 2.75) is 112 Å². The maximum Gasteiger partial charge on any atom is 3.00 e. The monoisotopic (exact) mass is 574 g/mol. The van der Waals surface area contributed by atoms with E-state index in [1.54, 1.807) is 5.19 Å². The van der Waals surface area contributed by atoms with Gasteiger partial charge in [-0.3, -0.25) is 0 Å². The molecule has 0 aliphatic carbocycles. The van der Waals surface area contributed by atoms with E-state index in [1.807, 2.05) is 7.11 Å². The van der Waals surface area contributed by atoms with Crippen molar-refractivity contribution in [3.63, 3.8) is 0 Å². The SMILES string of the molecule is CC[Si](CC)(c1cc(C)cc(C(C)(C)C)c1OC)[c-]1cc(C)cc1C.[CH2-][Si](C)(C)C.[CH2-][Si](C)(C)C.[Sc+3]. The van der Waals surface area contributed by atoms with Crippen LogP contribution in [0.3, 0.4) is 0 Å². The Hall–Kier alpha value is -0.109. The van der Waals surface area contributed by atoms with E-state index in [4.69, 9.17) is 4.74 Å². The van der Waals surface area contributed by atoms with Gasteiger partial charge in [-0.25, -0.2) is 11.6 Å². The molecule has 0 radical (unpaired) electrons. The molecule has 0 aliphatic rings. The van der Waals surface area contributed by atoms with Crippen LogP contribution in [0.15, 0.2) is 24.3 Å². The second-order valence-electron chi connectivity index (χ2n) is 13.7. The predicted molar refractivity (Wildman–Crippen MR) is 171 cm³/mol. The van der Waals surface area contributed by atoms with E-state index >= 15 is 0 Å². The minimum Gasteiger partial charge on any atom is -0.497 e. The molecule has 2 aromatic rings. The number of rotatable bonds is 5. The van der Waals surface area contributed by atoms with E-state index < -0.39 is 24.2 Å². The zero-order chi connectivity index (χ0) is 28.0. The van der Waals surface area contributed by atoms with E-state index in [0.29, 0.717) is 0 Å². The fourth-order valence-electron chi connectivity index (χ4n) is 4.38. The first-order valence-corrected chi connectivity index (χ1v) is 23.1. The Morgan fingerprint density at radius 3 is 1.50 bits per heavy atom. The molecule has 0 atom stereocenters. The second kappa shape index (κ2) is 14.9. The average Bonchev–Trinajstić information content (AvgIpc) is 2.98. The van der Waals surface area contributed by atoms with E-state index in [2.05, 4.69) is 132 Å². The zero-order valence-corrected chi connectivity index (χ0v) is 31.4. The number of benzene rings is 1. The largest absolute Gasteiger partial charge is 3.00 e. The summed E-state index contributed by atoms with van der Waals surface area (Å²) < 4.78 is 6.07. The van der Waals surface area contributed by atoms with Crippen molar-refractivity contribution in [3.8, 4) is 5.75 Å². The molecule has 0 saturated heterocycles. The van der Waals surface area contributed by atoms with Crippen LogP contribution in [0.2, 0.25) is 51.4 Å². The minimum atomic E-state index is -1.85. The van der Waals surface area contributed by atoms with Crippen molar-refractivity contribution in [1.82, 2.24) is 0 Å². The molecule has 0 aromatic heterocycles. The summed E-state index contributed by atoms with van der Waals surface area (Å²) in [5, 5.41) is 3.08. The summed E-state index contributed by atoms with van der Waals surface area (Å²) >= 11 is 0. The van der Waals surface area contributed by atoms with Gasteiger partial charge in [0.1, 0.15) is 5.75 Å². The molecule has 0 heterocycles.